The summed E-state index contributed by atoms with van der Waals surface area (Å²) in [5.74, 6) is 0.914. The van der Waals surface area contributed by atoms with Gasteiger partial charge in [-0.1, -0.05) is 45.0 Å². The number of halogens is 1. The molecule has 3 aromatic rings. The molecular weight excluding hydrogens is 370 g/mol. The molecule has 4 heteroatoms. The summed E-state index contributed by atoms with van der Waals surface area (Å²) in [4.78, 5) is 2.36. The van der Waals surface area contributed by atoms with Gasteiger partial charge in [0.15, 0.2) is 5.22 Å². The molecule has 1 heterocycles. The van der Waals surface area contributed by atoms with Gasteiger partial charge in [-0.05, 0) is 72.1 Å². The topological polar surface area (TPSA) is 25.6 Å². The van der Waals surface area contributed by atoms with Crippen LogP contribution in [0.25, 0.3) is 22.6 Å². The van der Waals surface area contributed by atoms with Crippen LogP contribution in [0.4, 0.5) is 0 Å². The number of fused-ring (bicyclic) bond motifs is 1. The van der Waals surface area contributed by atoms with Crippen molar-refractivity contribution in [3.05, 3.63) is 64.9 Å². The fourth-order valence-electron chi connectivity index (χ4n) is 3.29. The minimum Gasteiger partial charge on any atom is -0.492 e. The molecule has 0 saturated heterocycles. The van der Waals surface area contributed by atoms with Crippen LogP contribution < -0.4 is 4.74 Å². The van der Waals surface area contributed by atoms with E-state index in [2.05, 4.69) is 56.0 Å². The molecule has 3 nitrogen and oxygen atoms in total. The van der Waals surface area contributed by atoms with Crippen molar-refractivity contribution in [2.75, 3.05) is 26.2 Å². The zero-order valence-corrected chi connectivity index (χ0v) is 17.6. The first kappa shape index (κ1) is 20.5. The lowest BCUT2D eigenvalue weighted by molar-refractivity contribution is 0.223. The molecule has 0 spiro atoms. The molecule has 0 fully saturated rings. The summed E-state index contributed by atoms with van der Waals surface area (Å²) in [7, 11) is 0. The lowest BCUT2D eigenvalue weighted by Crippen LogP contribution is -2.27. The number of ether oxygens (including phenoxy) is 1. The van der Waals surface area contributed by atoms with Crippen molar-refractivity contribution in [3.8, 4) is 5.75 Å². The summed E-state index contributed by atoms with van der Waals surface area (Å²) >= 11 is 5.97. The van der Waals surface area contributed by atoms with Gasteiger partial charge in [-0.25, -0.2) is 0 Å². The number of benzene rings is 2. The monoisotopic (exact) mass is 397 g/mol. The molecule has 0 bridgehead atoms. The van der Waals surface area contributed by atoms with E-state index in [0.717, 1.165) is 42.8 Å². The molecule has 0 aliphatic rings. The highest BCUT2D eigenvalue weighted by Crippen LogP contribution is 2.29. The zero-order valence-electron chi connectivity index (χ0n) is 16.9. The van der Waals surface area contributed by atoms with Gasteiger partial charge in [0.05, 0.1) is 0 Å². The summed E-state index contributed by atoms with van der Waals surface area (Å²) in [5, 5.41) is 1.45. The van der Waals surface area contributed by atoms with Crippen LogP contribution in [-0.4, -0.2) is 31.1 Å². The third-order valence-electron chi connectivity index (χ3n) is 5.03. The van der Waals surface area contributed by atoms with Crippen LogP contribution in [0, 0.1) is 0 Å². The maximum atomic E-state index is 5.97. The standard InChI is InChI=1S/C24H28ClNO2/c1-4-19(20-9-12-23-21(16-20)17-24(25)28-23)15-18-7-10-22(11-8-18)27-14-13-26(5-2)6-3/h7-12,15-17H,4-6,13-14H2,1-3H3. The van der Waals surface area contributed by atoms with E-state index >= 15 is 0 Å². The number of hydrogen-bond acceptors (Lipinski definition) is 3. The van der Waals surface area contributed by atoms with Gasteiger partial charge in [-0.3, -0.25) is 0 Å². The van der Waals surface area contributed by atoms with E-state index in [1.165, 1.54) is 16.7 Å². The summed E-state index contributed by atoms with van der Waals surface area (Å²) in [6.07, 6.45) is 3.17. The SMILES string of the molecule is CCC(=Cc1ccc(OCCN(CC)CC)cc1)c1ccc2oc(Cl)cc2c1. The summed E-state index contributed by atoms with van der Waals surface area (Å²) in [6.45, 7) is 10.3. The Balaban J connectivity index is 1.69. The van der Waals surface area contributed by atoms with Crippen LogP contribution in [-0.2, 0) is 0 Å². The average molecular weight is 398 g/mol. The number of allylic oxidation sites excluding steroid dienone is 1. The van der Waals surface area contributed by atoms with E-state index in [9.17, 15) is 0 Å². The molecule has 0 aliphatic carbocycles. The smallest absolute Gasteiger partial charge is 0.194 e. The van der Waals surface area contributed by atoms with Gasteiger partial charge >= 0.3 is 0 Å². The fraction of sp³-hybridized carbons (Fsp3) is 0.333. The van der Waals surface area contributed by atoms with Crippen LogP contribution in [0.1, 0.15) is 38.3 Å². The van der Waals surface area contributed by atoms with Crippen molar-refractivity contribution < 1.29 is 9.15 Å². The normalized spacial score (nSPS) is 12.1. The molecule has 0 atom stereocenters. The van der Waals surface area contributed by atoms with Crippen LogP contribution in [0.3, 0.4) is 0 Å². The Morgan fingerprint density at radius 2 is 1.79 bits per heavy atom. The minimum atomic E-state index is 0.422. The quantitative estimate of drug-likeness (QED) is 0.373. The number of likely N-dealkylation sites (N-methyl/N-ethyl adjacent to an activating group) is 1. The van der Waals surface area contributed by atoms with E-state index in [-0.39, 0.29) is 0 Å². The third-order valence-corrected chi connectivity index (χ3v) is 5.22. The van der Waals surface area contributed by atoms with E-state index in [4.69, 9.17) is 20.8 Å². The van der Waals surface area contributed by atoms with Gasteiger partial charge in [0.25, 0.3) is 0 Å². The average Bonchev–Trinajstić information content (AvgIpc) is 3.09. The summed E-state index contributed by atoms with van der Waals surface area (Å²) < 4.78 is 11.3. The first-order chi connectivity index (χ1) is 13.6. The van der Waals surface area contributed by atoms with Crippen molar-refractivity contribution >= 4 is 34.2 Å². The number of hydrogen-bond donors (Lipinski definition) is 0. The molecule has 0 unspecified atom stereocenters. The Morgan fingerprint density at radius 1 is 1.04 bits per heavy atom. The van der Waals surface area contributed by atoms with Crippen LogP contribution in [0.5, 0.6) is 5.75 Å². The highest BCUT2D eigenvalue weighted by atomic mass is 35.5. The molecule has 2 aromatic carbocycles. The molecular formula is C24H28ClNO2. The van der Waals surface area contributed by atoms with Crippen LogP contribution in [0.15, 0.2) is 52.9 Å². The van der Waals surface area contributed by atoms with Gasteiger partial charge in [-0.15, -0.1) is 0 Å². The van der Waals surface area contributed by atoms with Crippen molar-refractivity contribution in [1.82, 2.24) is 4.90 Å². The van der Waals surface area contributed by atoms with Crippen LogP contribution in [0.2, 0.25) is 5.22 Å². The predicted molar refractivity (Wildman–Crippen MR) is 119 cm³/mol. The van der Waals surface area contributed by atoms with Crippen molar-refractivity contribution in [1.29, 1.82) is 0 Å². The number of furan rings is 1. The molecule has 0 amide bonds. The highest BCUT2D eigenvalue weighted by molar-refractivity contribution is 6.29. The molecule has 3 rings (SSSR count). The third kappa shape index (κ3) is 5.18. The molecule has 28 heavy (non-hydrogen) atoms. The molecule has 0 saturated carbocycles. The maximum absolute atomic E-state index is 5.97. The number of nitrogens with zero attached hydrogens (tertiary/aromatic N) is 1. The van der Waals surface area contributed by atoms with Crippen molar-refractivity contribution in [2.24, 2.45) is 0 Å². The van der Waals surface area contributed by atoms with E-state index < -0.39 is 0 Å². The molecule has 0 aliphatic heterocycles. The Hall–Kier alpha value is -2.23. The lowest BCUT2D eigenvalue weighted by Gasteiger charge is -2.18. The van der Waals surface area contributed by atoms with Gasteiger partial charge in [-0.2, -0.15) is 0 Å². The zero-order chi connectivity index (χ0) is 19.9. The Morgan fingerprint density at radius 3 is 2.46 bits per heavy atom. The maximum Gasteiger partial charge on any atom is 0.194 e. The summed E-state index contributed by atoms with van der Waals surface area (Å²) in [5.41, 5.74) is 4.44. The Labute approximate surface area is 172 Å². The molecule has 0 radical (unpaired) electrons. The largest absolute Gasteiger partial charge is 0.492 e. The van der Waals surface area contributed by atoms with E-state index in [1.807, 2.05) is 24.3 Å². The van der Waals surface area contributed by atoms with Gasteiger partial charge in [0, 0.05) is 18.0 Å². The summed E-state index contributed by atoms with van der Waals surface area (Å²) in [6, 6.07) is 16.4. The highest BCUT2D eigenvalue weighted by Gasteiger charge is 2.06. The first-order valence-electron chi connectivity index (χ1n) is 9.98. The van der Waals surface area contributed by atoms with Crippen molar-refractivity contribution in [3.63, 3.8) is 0 Å². The second-order valence-corrected chi connectivity index (χ2v) is 7.14. The first-order valence-corrected chi connectivity index (χ1v) is 10.4. The Bertz CT molecular complexity index is 923. The number of rotatable bonds is 9. The fourth-order valence-corrected chi connectivity index (χ4v) is 3.49. The minimum absolute atomic E-state index is 0.422. The molecule has 0 N–H and O–H groups in total. The van der Waals surface area contributed by atoms with Crippen molar-refractivity contribution in [2.45, 2.75) is 27.2 Å². The molecule has 148 valence electrons. The predicted octanol–water partition coefficient (Wildman–Crippen LogP) is 6.76. The van der Waals surface area contributed by atoms with Gasteiger partial charge < -0.3 is 14.1 Å². The second kappa shape index (κ2) is 9.81. The van der Waals surface area contributed by atoms with Gasteiger partial charge in [0.2, 0.25) is 0 Å². The van der Waals surface area contributed by atoms with Gasteiger partial charge in [0.1, 0.15) is 17.9 Å². The van der Waals surface area contributed by atoms with Crippen LogP contribution >= 0.6 is 11.6 Å². The van der Waals surface area contributed by atoms with E-state index in [1.54, 1.807) is 0 Å². The lowest BCUT2D eigenvalue weighted by atomic mass is 9.99. The second-order valence-electron chi connectivity index (χ2n) is 6.77. The van der Waals surface area contributed by atoms with E-state index in [0.29, 0.717) is 11.8 Å². The Kier molecular flexibility index (Phi) is 7.18. The molecule has 1 aromatic heterocycles.